The number of nitrogens with one attached hydrogen (secondary N) is 1. The van der Waals surface area contributed by atoms with E-state index in [0.717, 1.165) is 0 Å². The van der Waals surface area contributed by atoms with Crippen LogP contribution in [0.1, 0.15) is 0 Å². The van der Waals surface area contributed by atoms with E-state index in [0.29, 0.717) is 11.1 Å². The van der Waals surface area contributed by atoms with Crippen LogP contribution in [0.4, 0.5) is 13.2 Å². The van der Waals surface area contributed by atoms with Crippen LogP contribution in [-0.2, 0) is 0 Å². The second-order valence-electron chi connectivity index (χ2n) is 3.51. The van der Waals surface area contributed by atoms with E-state index in [1.807, 2.05) is 0 Å². The molecule has 0 saturated carbocycles. The fraction of sp³-hybridized carbons (Fsp3) is 0.0833. The maximum atomic E-state index is 12.0. The summed E-state index contributed by atoms with van der Waals surface area (Å²) in [5.74, 6) is -0.295. The number of hydrogen-bond acceptors (Lipinski definition) is 2. The van der Waals surface area contributed by atoms with Crippen molar-refractivity contribution in [3.8, 4) is 16.9 Å². The van der Waals surface area contributed by atoms with Gasteiger partial charge in [0.25, 0.3) is 0 Å². The molecule has 0 unspecified atom stereocenters. The molecule has 2 aromatic rings. The van der Waals surface area contributed by atoms with Crippen LogP contribution in [0.2, 0.25) is 0 Å². The van der Waals surface area contributed by atoms with Crippen molar-refractivity contribution in [1.82, 2.24) is 4.98 Å². The minimum Gasteiger partial charge on any atom is -0.406 e. The number of H-pyrrole nitrogens is 1. The lowest BCUT2D eigenvalue weighted by Crippen LogP contribution is -2.16. The van der Waals surface area contributed by atoms with Crippen molar-refractivity contribution in [2.45, 2.75) is 6.36 Å². The molecule has 0 aliphatic heterocycles. The molecule has 2 rings (SSSR count). The van der Waals surface area contributed by atoms with Crippen molar-refractivity contribution in [3.05, 3.63) is 52.9 Å². The zero-order valence-corrected chi connectivity index (χ0v) is 8.99. The van der Waals surface area contributed by atoms with Crippen LogP contribution in [0.3, 0.4) is 0 Å². The molecular formula is C12H8F3NO2. The molecule has 3 nitrogen and oxygen atoms in total. The van der Waals surface area contributed by atoms with E-state index in [-0.39, 0.29) is 11.3 Å². The minimum atomic E-state index is -4.70. The van der Waals surface area contributed by atoms with E-state index < -0.39 is 6.36 Å². The van der Waals surface area contributed by atoms with Gasteiger partial charge in [0.15, 0.2) is 0 Å². The summed E-state index contributed by atoms with van der Waals surface area (Å²) in [5.41, 5.74) is 0.982. The average molecular weight is 255 g/mol. The van der Waals surface area contributed by atoms with Crippen LogP contribution in [0.5, 0.6) is 5.75 Å². The third-order valence-corrected chi connectivity index (χ3v) is 2.20. The number of alkyl halides is 3. The predicted molar refractivity (Wildman–Crippen MR) is 59.2 cm³/mol. The smallest absolute Gasteiger partial charge is 0.406 e. The number of pyridine rings is 1. The molecule has 0 aliphatic carbocycles. The first-order valence-corrected chi connectivity index (χ1v) is 4.99. The van der Waals surface area contributed by atoms with Gasteiger partial charge in [-0.3, -0.25) is 4.79 Å². The standard InChI is InChI=1S/C12H8F3NO2/c13-12(14,15)18-10-3-1-8(2-4-10)9-5-6-16-11(17)7-9/h1-7H,(H,16,17). The largest absolute Gasteiger partial charge is 0.573 e. The molecule has 0 amide bonds. The third-order valence-electron chi connectivity index (χ3n) is 2.20. The Bertz CT molecular complexity index is 587. The van der Waals surface area contributed by atoms with E-state index >= 15 is 0 Å². The van der Waals surface area contributed by atoms with Gasteiger partial charge in [0.05, 0.1) is 0 Å². The lowest BCUT2D eigenvalue weighted by atomic mass is 10.1. The average Bonchev–Trinajstić information content (AvgIpc) is 2.28. The molecule has 94 valence electrons. The first-order valence-electron chi connectivity index (χ1n) is 4.99. The minimum absolute atomic E-state index is 0.275. The molecule has 18 heavy (non-hydrogen) atoms. The Kier molecular flexibility index (Phi) is 3.10. The van der Waals surface area contributed by atoms with Gasteiger partial charge in [0.2, 0.25) is 5.56 Å². The number of aromatic nitrogens is 1. The first kappa shape index (κ1) is 12.2. The molecule has 1 aromatic heterocycles. The Morgan fingerprint density at radius 1 is 1.00 bits per heavy atom. The predicted octanol–water partition coefficient (Wildman–Crippen LogP) is 2.94. The van der Waals surface area contributed by atoms with Gasteiger partial charge in [0.1, 0.15) is 5.75 Å². The highest BCUT2D eigenvalue weighted by Gasteiger charge is 2.30. The molecule has 6 heteroatoms. The molecule has 0 fully saturated rings. The van der Waals surface area contributed by atoms with Crippen LogP contribution in [0, 0.1) is 0 Å². The van der Waals surface area contributed by atoms with Crippen LogP contribution < -0.4 is 10.3 Å². The van der Waals surface area contributed by atoms with E-state index in [4.69, 9.17) is 0 Å². The van der Waals surface area contributed by atoms with Crippen LogP contribution in [0.25, 0.3) is 11.1 Å². The second-order valence-corrected chi connectivity index (χ2v) is 3.51. The summed E-state index contributed by atoms with van der Waals surface area (Å²) >= 11 is 0. The monoisotopic (exact) mass is 255 g/mol. The van der Waals surface area contributed by atoms with Gasteiger partial charge in [-0.15, -0.1) is 13.2 Å². The van der Waals surface area contributed by atoms with Crippen molar-refractivity contribution in [2.24, 2.45) is 0 Å². The summed E-state index contributed by atoms with van der Waals surface area (Å²) in [6.45, 7) is 0. The fourth-order valence-electron chi connectivity index (χ4n) is 1.47. The molecule has 0 spiro atoms. The molecule has 0 bridgehead atoms. The topological polar surface area (TPSA) is 42.1 Å². The van der Waals surface area contributed by atoms with Gasteiger partial charge in [-0.1, -0.05) is 12.1 Å². The Hall–Kier alpha value is -2.24. The number of benzene rings is 1. The highest BCUT2D eigenvalue weighted by atomic mass is 19.4. The lowest BCUT2D eigenvalue weighted by molar-refractivity contribution is -0.274. The Labute approximate surface area is 99.8 Å². The highest BCUT2D eigenvalue weighted by molar-refractivity contribution is 5.63. The quantitative estimate of drug-likeness (QED) is 0.896. The van der Waals surface area contributed by atoms with Gasteiger partial charge in [-0.2, -0.15) is 0 Å². The zero-order valence-electron chi connectivity index (χ0n) is 8.99. The van der Waals surface area contributed by atoms with E-state index in [9.17, 15) is 18.0 Å². The van der Waals surface area contributed by atoms with E-state index in [1.165, 1.54) is 36.5 Å². The molecule has 1 aromatic carbocycles. The van der Waals surface area contributed by atoms with Crippen LogP contribution in [0.15, 0.2) is 47.4 Å². The molecule has 1 N–H and O–H groups in total. The maximum absolute atomic E-state index is 12.0. The molecule has 0 atom stereocenters. The number of aromatic amines is 1. The van der Waals surface area contributed by atoms with Gasteiger partial charge in [0, 0.05) is 12.3 Å². The molecule has 0 saturated heterocycles. The molecular weight excluding hydrogens is 247 g/mol. The van der Waals surface area contributed by atoms with E-state index in [2.05, 4.69) is 9.72 Å². The summed E-state index contributed by atoms with van der Waals surface area (Å²) < 4.78 is 39.6. The van der Waals surface area contributed by atoms with E-state index in [1.54, 1.807) is 6.07 Å². The van der Waals surface area contributed by atoms with Crippen molar-refractivity contribution in [2.75, 3.05) is 0 Å². The van der Waals surface area contributed by atoms with Gasteiger partial charge < -0.3 is 9.72 Å². The highest BCUT2D eigenvalue weighted by Crippen LogP contribution is 2.25. The van der Waals surface area contributed by atoms with Gasteiger partial charge >= 0.3 is 6.36 Å². The van der Waals surface area contributed by atoms with Gasteiger partial charge in [-0.05, 0) is 29.3 Å². The summed E-state index contributed by atoms with van der Waals surface area (Å²) in [4.78, 5) is 13.5. The summed E-state index contributed by atoms with van der Waals surface area (Å²) in [6, 6.07) is 8.32. The van der Waals surface area contributed by atoms with Crippen molar-refractivity contribution in [1.29, 1.82) is 0 Å². The number of hydrogen-bond donors (Lipinski definition) is 1. The van der Waals surface area contributed by atoms with Crippen molar-refractivity contribution >= 4 is 0 Å². The fourth-order valence-corrected chi connectivity index (χ4v) is 1.47. The Balaban J connectivity index is 2.25. The first-order chi connectivity index (χ1) is 8.44. The second kappa shape index (κ2) is 4.56. The number of ether oxygens (including phenoxy) is 1. The lowest BCUT2D eigenvalue weighted by Gasteiger charge is -2.09. The van der Waals surface area contributed by atoms with Gasteiger partial charge in [-0.25, -0.2) is 0 Å². The molecule has 0 radical (unpaired) electrons. The van der Waals surface area contributed by atoms with Crippen molar-refractivity contribution in [3.63, 3.8) is 0 Å². The summed E-state index contributed by atoms with van der Waals surface area (Å²) in [5, 5.41) is 0. The number of rotatable bonds is 2. The summed E-state index contributed by atoms with van der Waals surface area (Å²) in [6.07, 6.45) is -3.23. The Morgan fingerprint density at radius 3 is 2.22 bits per heavy atom. The van der Waals surface area contributed by atoms with Crippen LogP contribution >= 0.6 is 0 Å². The molecule has 1 heterocycles. The third kappa shape index (κ3) is 3.13. The summed E-state index contributed by atoms with van der Waals surface area (Å²) in [7, 11) is 0. The molecule has 0 aliphatic rings. The maximum Gasteiger partial charge on any atom is 0.573 e. The Morgan fingerprint density at radius 2 is 1.67 bits per heavy atom. The number of halogens is 3. The SMILES string of the molecule is O=c1cc(-c2ccc(OC(F)(F)F)cc2)cc[nH]1. The zero-order chi connectivity index (χ0) is 13.2. The normalized spacial score (nSPS) is 11.3. The van der Waals surface area contributed by atoms with Crippen LogP contribution in [-0.4, -0.2) is 11.3 Å². The van der Waals surface area contributed by atoms with Crippen molar-refractivity contribution < 1.29 is 17.9 Å².